The molecule has 0 unspecified atom stereocenters. The molecule has 3 N–H and O–H groups in total. The van der Waals surface area contributed by atoms with E-state index in [9.17, 15) is 0 Å². The number of benzene rings is 1. The summed E-state index contributed by atoms with van der Waals surface area (Å²) >= 11 is 4.86. The Kier molecular flexibility index (Phi) is 4.37. The molecule has 0 aliphatic carbocycles. The molecule has 20 heavy (non-hydrogen) atoms. The first kappa shape index (κ1) is 14.1. The molecule has 0 fully saturated rings. The van der Waals surface area contributed by atoms with Gasteiger partial charge >= 0.3 is 0 Å². The van der Waals surface area contributed by atoms with Gasteiger partial charge in [0, 0.05) is 11.8 Å². The number of hydrogen-bond acceptors (Lipinski definition) is 5. The molecule has 0 bridgehead atoms. The molecule has 2 rings (SSSR count). The largest absolute Gasteiger partial charge is 0.493 e. The van der Waals surface area contributed by atoms with Gasteiger partial charge < -0.3 is 20.5 Å². The summed E-state index contributed by atoms with van der Waals surface area (Å²) < 4.78 is 10.4. The molecule has 0 aliphatic rings. The van der Waals surface area contributed by atoms with Crippen molar-refractivity contribution in [3.63, 3.8) is 0 Å². The van der Waals surface area contributed by atoms with E-state index in [0.29, 0.717) is 17.2 Å². The van der Waals surface area contributed by atoms with Crippen LogP contribution in [-0.2, 0) is 0 Å². The lowest BCUT2D eigenvalue weighted by Crippen LogP contribution is -2.11. The minimum absolute atomic E-state index is 0.280. The average Bonchev–Trinajstić information content (AvgIpc) is 2.47. The van der Waals surface area contributed by atoms with E-state index in [1.165, 1.54) is 0 Å². The second-order valence-electron chi connectivity index (χ2n) is 3.99. The summed E-state index contributed by atoms with van der Waals surface area (Å²) in [6, 6.07) is 9.20. The zero-order valence-corrected chi connectivity index (χ0v) is 12.0. The lowest BCUT2D eigenvalue weighted by molar-refractivity contribution is 0.355. The predicted molar refractivity (Wildman–Crippen MR) is 83.0 cm³/mol. The molecular formula is C14H15N3O2S. The first-order valence-corrected chi connectivity index (χ1v) is 6.29. The van der Waals surface area contributed by atoms with Crippen molar-refractivity contribution >= 4 is 28.6 Å². The van der Waals surface area contributed by atoms with Gasteiger partial charge in [0.2, 0.25) is 0 Å². The number of hydrogen-bond donors (Lipinski definition) is 2. The van der Waals surface area contributed by atoms with E-state index in [1.54, 1.807) is 26.5 Å². The van der Waals surface area contributed by atoms with Crippen LogP contribution in [-0.4, -0.2) is 24.2 Å². The normalized spacial score (nSPS) is 9.90. The van der Waals surface area contributed by atoms with Crippen LogP contribution in [0.2, 0.25) is 0 Å². The van der Waals surface area contributed by atoms with E-state index in [4.69, 9.17) is 27.4 Å². The second-order valence-corrected chi connectivity index (χ2v) is 4.43. The van der Waals surface area contributed by atoms with Gasteiger partial charge in [-0.3, -0.25) is 4.98 Å². The van der Waals surface area contributed by atoms with Gasteiger partial charge in [0.15, 0.2) is 11.5 Å². The Bertz CT molecular complexity index is 614. The van der Waals surface area contributed by atoms with Gasteiger partial charge in [-0.25, -0.2) is 0 Å². The van der Waals surface area contributed by atoms with E-state index >= 15 is 0 Å². The fourth-order valence-corrected chi connectivity index (χ4v) is 1.81. The van der Waals surface area contributed by atoms with Gasteiger partial charge in [-0.2, -0.15) is 0 Å². The monoisotopic (exact) mass is 289 g/mol. The Morgan fingerprint density at radius 1 is 1.10 bits per heavy atom. The van der Waals surface area contributed by atoms with Gasteiger partial charge in [0.25, 0.3) is 0 Å². The van der Waals surface area contributed by atoms with Crippen molar-refractivity contribution in [3.05, 3.63) is 42.2 Å². The highest BCUT2D eigenvalue weighted by Crippen LogP contribution is 2.30. The summed E-state index contributed by atoms with van der Waals surface area (Å²) in [5.74, 6) is 1.34. The van der Waals surface area contributed by atoms with Gasteiger partial charge in [-0.1, -0.05) is 12.2 Å². The van der Waals surface area contributed by atoms with Crippen LogP contribution >= 0.6 is 12.2 Å². The van der Waals surface area contributed by atoms with Crippen LogP contribution in [0, 0.1) is 0 Å². The molecule has 104 valence electrons. The van der Waals surface area contributed by atoms with E-state index in [-0.39, 0.29) is 4.99 Å². The summed E-state index contributed by atoms with van der Waals surface area (Å²) in [7, 11) is 3.20. The minimum atomic E-state index is 0.280. The van der Waals surface area contributed by atoms with Gasteiger partial charge in [-0.15, -0.1) is 0 Å². The number of anilines is 2. The van der Waals surface area contributed by atoms with Gasteiger partial charge in [-0.05, 0) is 24.3 Å². The fourth-order valence-electron chi connectivity index (χ4n) is 1.69. The SMILES string of the molecule is COc1ccc(Nc2ccc(C(N)=S)nc2)cc1OC. The third-order valence-corrected chi connectivity index (χ3v) is 2.90. The Morgan fingerprint density at radius 3 is 2.35 bits per heavy atom. The number of rotatable bonds is 5. The molecule has 2 aromatic rings. The van der Waals surface area contributed by atoms with Crippen LogP contribution in [0.3, 0.4) is 0 Å². The molecule has 0 saturated carbocycles. The summed E-state index contributed by atoms with van der Waals surface area (Å²) in [6.45, 7) is 0. The predicted octanol–water partition coefficient (Wildman–Crippen LogP) is 2.48. The van der Waals surface area contributed by atoms with Gasteiger partial charge in [0.1, 0.15) is 4.99 Å². The van der Waals surface area contributed by atoms with Crippen LogP contribution in [0.25, 0.3) is 0 Å². The molecule has 0 saturated heterocycles. The van der Waals surface area contributed by atoms with E-state index in [1.807, 2.05) is 24.3 Å². The highest BCUT2D eigenvalue weighted by Gasteiger charge is 2.05. The molecule has 0 spiro atoms. The Balaban J connectivity index is 2.19. The standard InChI is InChI=1S/C14H15N3O2S/c1-18-12-6-4-9(7-13(12)19-2)17-10-3-5-11(14(15)20)16-8-10/h3-8,17H,1-2H3,(H2,15,20). The summed E-state index contributed by atoms with van der Waals surface area (Å²) in [4.78, 5) is 4.45. The Labute approximate surface area is 122 Å². The molecule has 0 amide bonds. The maximum atomic E-state index is 5.50. The third-order valence-electron chi connectivity index (χ3n) is 2.69. The number of methoxy groups -OCH3 is 2. The number of aromatic nitrogens is 1. The van der Waals surface area contributed by atoms with Crippen molar-refractivity contribution in [1.29, 1.82) is 0 Å². The average molecular weight is 289 g/mol. The molecule has 1 aromatic carbocycles. The van der Waals surface area contributed by atoms with Crippen molar-refractivity contribution in [2.24, 2.45) is 5.73 Å². The number of thiocarbonyl (C=S) groups is 1. The maximum absolute atomic E-state index is 5.50. The maximum Gasteiger partial charge on any atom is 0.162 e. The van der Waals surface area contributed by atoms with Crippen molar-refractivity contribution in [1.82, 2.24) is 4.98 Å². The summed E-state index contributed by atoms with van der Waals surface area (Å²) in [6.07, 6.45) is 1.67. The highest BCUT2D eigenvalue weighted by atomic mass is 32.1. The third kappa shape index (κ3) is 3.16. The number of pyridine rings is 1. The molecule has 5 nitrogen and oxygen atoms in total. The van der Waals surface area contributed by atoms with E-state index < -0.39 is 0 Å². The van der Waals surface area contributed by atoms with Gasteiger partial charge in [0.05, 0.1) is 31.8 Å². The fraction of sp³-hybridized carbons (Fsp3) is 0.143. The first-order valence-electron chi connectivity index (χ1n) is 5.89. The molecule has 0 radical (unpaired) electrons. The molecule has 1 aromatic heterocycles. The topological polar surface area (TPSA) is 69.4 Å². The lowest BCUT2D eigenvalue weighted by Gasteiger charge is -2.11. The molecule has 1 heterocycles. The van der Waals surface area contributed by atoms with Crippen LogP contribution in [0.4, 0.5) is 11.4 Å². The van der Waals surface area contributed by atoms with Crippen molar-refractivity contribution in [3.8, 4) is 11.5 Å². The Morgan fingerprint density at radius 2 is 1.80 bits per heavy atom. The zero-order chi connectivity index (χ0) is 14.5. The van der Waals surface area contributed by atoms with E-state index in [2.05, 4.69) is 10.3 Å². The summed E-state index contributed by atoms with van der Waals surface area (Å²) in [5, 5.41) is 3.21. The van der Waals surface area contributed by atoms with Crippen LogP contribution in [0.5, 0.6) is 11.5 Å². The molecule has 0 atom stereocenters. The summed E-state index contributed by atoms with van der Waals surface area (Å²) in [5.41, 5.74) is 7.80. The minimum Gasteiger partial charge on any atom is -0.493 e. The Hall–Kier alpha value is -2.34. The van der Waals surface area contributed by atoms with Crippen molar-refractivity contribution < 1.29 is 9.47 Å². The smallest absolute Gasteiger partial charge is 0.162 e. The van der Waals surface area contributed by atoms with Crippen molar-refractivity contribution in [2.45, 2.75) is 0 Å². The molecule has 0 aliphatic heterocycles. The zero-order valence-electron chi connectivity index (χ0n) is 11.2. The quantitative estimate of drug-likeness (QED) is 0.824. The van der Waals surface area contributed by atoms with Crippen molar-refractivity contribution in [2.75, 3.05) is 19.5 Å². The molecular weight excluding hydrogens is 274 g/mol. The van der Waals surface area contributed by atoms with E-state index in [0.717, 1.165) is 11.4 Å². The first-order chi connectivity index (χ1) is 9.63. The second kappa shape index (κ2) is 6.21. The number of ether oxygens (including phenoxy) is 2. The van der Waals surface area contributed by atoms with Crippen LogP contribution in [0.15, 0.2) is 36.5 Å². The van der Waals surface area contributed by atoms with Crippen LogP contribution in [0.1, 0.15) is 5.69 Å². The number of nitrogens with one attached hydrogen (secondary N) is 1. The lowest BCUT2D eigenvalue weighted by atomic mass is 10.2. The number of nitrogens with two attached hydrogens (primary N) is 1. The van der Waals surface area contributed by atoms with Crippen LogP contribution < -0.4 is 20.5 Å². The molecule has 6 heteroatoms. The number of nitrogens with zero attached hydrogens (tertiary/aromatic N) is 1. The highest BCUT2D eigenvalue weighted by molar-refractivity contribution is 7.80.